The maximum atomic E-state index is 11.5. The molecule has 1 heterocycles. The molecule has 0 amide bonds. The summed E-state index contributed by atoms with van der Waals surface area (Å²) in [5.74, 6) is 1.59. The Kier molecular flexibility index (Phi) is 6.52. The highest BCUT2D eigenvalue weighted by Gasteiger charge is 2.28. The van der Waals surface area contributed by atoms with Crippen LogP contribution in [-0.4, -0.2) is 22.7 Å². The number of carbonyl (C=O) groups is 1. The average Bonchev–Trinajstić information content (AvgIpc) is 2.71. The van der Waals surface area contributed by atoms with Gasteiger partial charge in [0.25, 0.3) is 0 Å². The van der Waals surface area contributed by atoms with Crippen molar-refractivity contribution in [2.45, 2.75) is 52.7 Å². The zero-order chi connectivity index (χ0) is 22.0. The van der Waals surface area contributed by atoms with Crippen molar-refractivity contribution in [3.05, 3.63) is 82.6 Å². The van der Waals surface area contributed by atoms with E-state index in [1.165, 1.54) is 33.4 Å². The number of hydrogen-bond donors (Lipinski definition) is 0. The lowest BCUT2D eigenvalue weighted by Gasteiger charge is -2.35. The van der Waals surface area contributed by atoms with Gasteiger partial charge in [0.2, 0.25) is 5.24 Å². The number of carbonyl (C=O) groups excluding carboxylic acids is 1. The van der Waals surface area contributed by atoms with Crippen LogP contribution in [0.2, 0.25) is 0 Å². The molecule has 0 saturated carbocycles. The first kappa shape index (κ1) is 21.7. The van der Waals surface area contributed by atoms with Gasteiger partial charge in [0.05, 0.1) is 0 Å². The van der Waals surface area contributed by atoms with E-state index in [0.29, 0.717) is 12.5 Å². The molecular formula is C27H30ClNO2. The van der Waals surface area contributed by atoms with Gasteiger partial charge in [-0.25, -0.2) is 0 Å². The predicted octanol–water partition coefficient (Wildman–Crippen LogP) is 6.15. The van der Waals surface area contributed by atoms with Crippen molar-refractivity contribution in [1.29, 1.82) is 0 Å². The van der Waals surface area contributed by atoms with Crippen molar-refractivity contribution in [3.63, 3.8) is 0 Å². The smallest absolute Gasteiger partial charge is 0.248 e. The van der Waals surface area contributed by atoms with Gasteiger partial charge in [0.1, 0.15) is 18.4 Å². The van der Waals surface area contributed by atoms with Gasteiger partial charge in [0.15, 0.2) is 0 Å². The predicted molar refractivity (Wildman–Crippen MR) is 127 cm³/mol. The Bertz CT molecular complexity index is 1020. The minimum atomic E-state index is -0.312. The van der Waals surface area contributed by atoms with Crippen LogP contribution in [0, 0.1) is 5.92 Å². The van der Waals surface area contributed by atoms with Crippen LogP contribution in [0.3, 0.4) is 0 Å². The lowest BCUT2D eigenvalue weighted by Crippen LogP contribution is -2.42. The molecule has 1 atom stereocenters. The second-order valence-electron chi connectivity index (χ2n) is 9.01. The minimum Gasteiger partial charge on any atom is -0.489 e. The quantitative estimate of drug-likeness (QED) is 0.466. The summed E-state index contributed by atoms with van der Waals surface area (Å²) in [7, 11) is 0. The number of halogens is 1. The molecule has 1 unspecified atom stereocenters. The highest BCUT2D eigenvalue weighted by molar-refractivity contribution is 6.65. The summed E-state index contributed by atoms with van der Waals surface area (Å²) in [5.41, 5.74) is 7.85. The fourth-order valence-electron chi connectivity index (χ4n) is 4.37. The first-order valence-corrected chi connectivity index (χ1v) is 11.4. The molecule has 31 heavy (non-hydrogen) atoms. The molecule has 2 aliphatic rings. The summed E-state index contributed by atoms with van der Waals surface area (Å²) in [5, 5.41) is -0.312. The number of ether oxygens (including phenoxy) is 1. The van der Waals surface area contributed by atoms with E-state index >= 15 is 0 Å². The van der Waals surface area contributed by atoms with Crippen LogP contribution in [-0.2, 0) is 24.2 Å². The molecule has 0 N–H and O–H groups in total. The molecule has 0 bridgehead atoms. The number of benzene rings is 2. The highest BCUT2D eigenvalue weighted by Crippen LogP contribution is 2.35. The summed E-state index contributed by atoms with van der Waals surface area (Å²) < 4.78 is 6.09. The summed E-state index contributed by atoms with van der Waals surface area (Å²) in [6.45, 7) is 8.00. The van der Waals surface area contributed by atoms with E-state index in [1.807, 2.05) is 17.2 Å². The Hall–Kier alpha value is -2.52. The first-order chi connectivity index (χ1) is 14.9. The average molecular weight is 436 g/mol. The van der Waals surface area contributed by atoms with E-state index in [0.717, 1.165) is 31.6 Å². The molecule has 162 valence electrons. The molecule has 2 aromatic rings. The standard InChI is InChI=1S/C27H30ClNO2/c1-18(2)14-20-4-6-21(7-5-20)17-31-24-10-11-25-19(3)23(9-8-22(25)15-24)16-29-13-12-26(29)27(28)30/h4-7,10-13,15,18,26H,8-9,14,16-17H2,1-3H3. The fourth-order valence-corrected chi connectivity index (χ4v) is 4.57. The Balaban J connectivity index is 1.40. The van der Waals surface area contributed by atoms with Crippen LogP contribution >= 0.6 is 11.6 Å². The second-order valence-corrected chi connectivity index (χ2v) is 9.39. The van der Waals surface area contributed by atoms with Gasteiger partial charge in [-0.3, -0.25) is 4.79 Å². The molecule has 2 aromatic carbocycles. The first-order valence-electron chi connectivity index (χ1n) is 11.1. The molecule has 0 aromatic heterocycles. The normalized spacial score (nSPS) is 17.6. The number of fused-ring (bicyclic) bond motifs is 1. The van der Waals surface area contributed by atoms with Crippen LogP contribution in [0.1, 0.15) is 49.4 Å². The van der Waals surface area contributed by atoms with Gasteiger partial charge >= 0.3 is 0 Å². The van der Waals surface area contributed by atoms with E-state index in [-0.39, 0.29) is 11.3 Å². The molecule has 4 rings (SSSR count). The van der Waals surface area contributed by atoms with Crippen LogP contribution in [0.25, 0.3) is 5.57 Å². The summed E-state index contributed by atoms with van der Waals surface area (Å²) in [6.07, 6.45) is 6.89. The van der Waals surface area contributed by atoms with Crippen molar-refractivity contribution in [2.24, 2.45) is 5.92 Å². The molecule has 1 aliphatic carbocycles. The van der Waals surface area contributed by atoms with Gasteiger partial charge in [-0.2, -0.15) is 0 Å². The summed E-state index contributed by atoms with van der Waals surface area (Å²) in [6, 6.07) is 14.9. The summed E-state index contributed by atoms with van der Waals surface area (Å²) >= 11 is 5.67. The zero-order valence-electron chi connectivity index (χ0n) is 18.5. The topological polar surface area (TPSA) is 29.5 Å². The molecular weight excluding hydrogens is 406 g/mol. The van der Waals surface area contributed by atoms with Gasteiger partial charge in [-0.15, -0.1) is 0 Å². The Morgan fingerprint density at radius 1 is 1.13 bits per heavy atom. The molecule has 0 saturated heterocycles. The lowest BCUT2D eigenvalue weighted by atomic mass is 9.85. The van der Waals surface area contributed by atoms with Crippen LogP contribution in [0.4, 0.5) is 0 Å². The summed E-state index contributed by atoms with van der Waals surface area (Å²) in [4.78, 5) is 13.5. The third-order valence-electron chi connectivity index (χ3n) is 6.20. The van der Waals surface area contributed by atoms with Gasteiger partial charge < -0.3 is 9.64 Å². The van der Waals surface area contributed by atoms with Crippen molar-refractivity contribution >= 4 is 22.4 Å². The number of nitrogens with zero attached hydrogens (tertiary/aromatic N) is 1. The third kappa shape index (κ3) is 5.04. The fraction of sp³-hybridized carbons (Fsp3) is 0.370. The van der Waals surface area contributed by atoms with E-state index in [2.05, 4.69) is 63.2 Å². The van der Waals surface area contributed by atoms with Crippen LogP contribution < -0.4 is 4.74 Å². The van der Waals surface area contributed by atoms with E-state index in [9.17, 15) is 4.79 Å². The monoisotopic (exact) mass is 435 g/mol. The molecule has 0 radical (unpaired) electrons. The number of rotatable bonds is 8. The Morgan fingerprint density at radius 3 is 2.52 bits per heavy atom. The van der Waals surface area contributed by atoms with Crippen LogP contribution in [0.5, 0.6) is 5.75 Å². The van der Waals surface area contributed by atoms with Crippen molar-refractivity contribution < 1.29 is 9.53 Å². The van der Waals surface area contributed by atoms with Gasteiger partial charge in [0, 0.05) is 6.54 Å². The number of allylic oxidation sites excluding steroid dienone is 1. The minimum absolute atomic E-state index is 0.279. The molecule has 4 heteroatoms. The molecule has 0 spiro atoms. The maximum Gasteiger partial charge on any atom is 0.248 e. The van der Waals surface area contributed by atoms with E-state index in [1.54, 1.807) is 0 Å². The second kappa shape index (κ2) is 9.32. The lowest BCUT2D eigenvalue weighted by molar-refractivity contribution is -0.115. The molecule has 1 aliphatic heterocycles. The number of aryl methyl sites for hydroxylation is 1. The maximum absolute atomic E-state index is 11.5. The van der Waals surface area contributed by atoms with E-state index < -0.39 is 0 Å². The van der Waals surface area contributed by atoms with Gasteiger partial charge in [-0.1, -0.05) is 44.2 Å². The van der Waals surface area contributed by atoms with Crippen molar-refractivity contribution in [1.82, 2.24) is 4.90 Å². The van der Waals surface area contributed by atoms with Crippen LogP contribution in [0.15, 0.2) is 60.3 Å². The Labute approximate surface area is 190 Å². The number of hydrogen-bond acceptors (Lipinski definition) is 3. The van der Waals surface area contributed by atoms with Gasteiger partial charge in [-0.05, 0) is 102 Å². The zero-order valence-corrected chi connectivity index (χ0v) is 19.3. The molecule has 0 fully saturated rings. The van der Waals surface area contributed by atoms with Crippen molar-refractivity contribution in [3.8, 4) is 5.75 Å². The highest BCUT2D eigenvalue weighted by atomic mass is 35.5. The van der Waals surface area contributed by atoms with E-state index in [4.69, 9.17) is 16.3 Å². The Morgan fingerprint density at radius 2 is 1.87 bits per heavy atom. The molecule has 3 nitrogen and oxygen atoms in total. The van der Waals surface area contributed by atoms with Crippen molar-refractivity contribution in [2.75, 3.05) is 6.54 Å². The third-order valence-corrected chi connectivity index (χ3v) is 6.43. The largest absolute Gasteiger partial charge is 0.489 e. The SMILES string of the molecule is CC1=C(CN2C=CC2C(=O)Cl)CCc2cc(OCc3ccc(CC(C)C)cc3)ccc21.